The van der Waals surface area contributed by atoms with Gasteiger partial charge in [-0.25, -0.2) is 8.42 Å². The first-order valence-corrected chi connectivity index (χ1v) is 10.9. The highest BCUT2D eigenvalue weighted by Gasteiger charge is 2.11. The molecule has 142 valence electrons. The van der Waals surface area contributed by atoms with E-state index in [1.165, 1.54) is 25.5 Å². The van der Waals surface area contributed by atoms with E-state index in [2.05, 4.69) is 29.5 Å². The molecule has 0 bridgehead atoms. The van der Waals surface area contributed by atoms with Crippen LogP contribution < -0.4 is 10.6 Å². The molecule has 25 heavy (non-hydrogen) atoms. The molecule has 0 aliphatic heterocycles. The highest BCUT2D eigenvalue weighted by molar-refractivity contribution is 7.90. The fourth-order valence-electron chi connectivity index (χ4n) is 2.83. The molecule has 0 aliphatic rings. The van der Waals surface area contributed by atoms with Gasteiger partial charge in [0.25, 0.3) is 0 Å². The van der Waals surface area contributed by atoms with Crippen molar-refractivity contribution in [2.75, 3.05) is 19.8 Å². The second-order valence-electron chi connectivity index (χ2n) is 6.60. The minimum Gasteiger partial charge on any atom is -0.356 e. The van der Waals surface area contributed by atoms with Crippen molar-refractivity contribution in [1.82, 2.24) is 10.6 Å². The molecule has 1 atom stereocenters. The predicted octanol–water partition coefficient (Wildman–Crippen LogP) is 3.28. The zero-order valence-corrected chi connectivity index (χ0v) is 17.0. The molecule has 0 fully saturated rings. The average Bonchev–Trinajstić information content (AvgIpc) is 2.56. The summed E-state index contributed by atoms with van der Waals surface area (Å²) in [6.45, 7) is 7.80. The van der Waals surface area contributed by atoms with Gasteiger partial charge in [-0.1, -0.05) is 45.2 Å². The molecule has 0 aromatic heterocycles. The van der Waals surface area contributed by atoms with Crippen molar-refractivity contribution < 1.29 is 8.42 Å². The van der Waals surface area contributed by atoms with Gasteiger partial charge in [0.05, 0.1) is 4.90 Å². The number of hydrogen-bond donors (Lipinski definition) is 2. The third kappa shape index (κ3) is 7.46. The number of sulfone groups is 1. The van der Waals surface area contributed by atoms with Crippen LogP contribution in [-0.2, 0) is 16.4 Å². The highest BCUT2D eigenvalue weighted by Crippen LogP contribution is 2.16. The van der Waals surface area contributed by atoms with Crippen LogP contribution >= 0.6 is 0 Å². The van der Waals surface area contributed by atoms with Crippen LogP contribution in [0.1, 0.15) is 50.7 Å². The summed E-state index contributed by atoms with van der Waals surface area (Å²) in [6.07, 6.45) is 6.13. The number of aryl methyl sites for hydroxylation is 1. The molecule has 1 aromatic carbocycles. The van der Waals surface area contributed by atoms with Gasteiger partial charge in [0.15, 0.2) is 15.8 Å². The molecule has 0 saturated heterocycles. The number of benzene rings is 1. The SMILES string of the molecule is CCCCC(CC)CNC(=NC)NCc1ccc(S(C)(=O)=O)c(C)c1. The third-order valence-corrected chi connectivity index (χ3v) is 5.68. The Bertz CT molecular complexity index is 669. The molecule has 0 radical (unpaired) electrons. The van der Waals surface area contributed by atoms with Gasteiger partial charge < -0.3 is 10.6 Å². The normalized spacial score (nSPS) is 13.6. The smallest absolute Gasteiger partial charge is 0.191 e. The summed E-state index contributed by atoms with van der Waals surface area (Å²) in [5.41, 5.74) is 1.81. The van der Waals surface area contributed by atoms with E-state index in [-0.39, 0.29) is 0 Å². The Morgan fingerprint density at radius 3 is 2.48 bits per heavy atom. The predicted molar refractivity (Wildman–Crippen MR) is 106 cm³/mol. The fraction of sp³-hybridized carbons (Fsp3) is 0.632. The molecule has 1 rings (SSSR count). The summed E-state index contributed by atoms with van der Waals surface area (Å²) in [6, 6.07) is 5.43. The maximum absolute atomic E-state index is 11.7. The van der Waals surface area contributed by atoms with Gasteiger partial charge in [-0.05, 0) is 36.5 Å². The molecule has 0 aliphatic carbocycles. The van der Waals surface area contributed by atoms with Crippen LogP contribution in [0.2, 0.25) is 0 Å². The standard InChI is InChI=1S/C19H33N3O2S/c1-6-8-9-16(7-2)13-21-19(20-4)22-14-17-10-11-18(15(3)12-17)25(5,23)24/h10-12,16H,6-9,13-14H2,1-5H3,(H2,20,21,22). The molecule has 5 nitrogen and oxygen atoms in total. The monoisotopic (exact) mass is 367 g/mol. The lowest BCUT2D eigenvalue weighted by Crippen LogP contribution is -2.39. The lowest BCUT2D eigenvalue weighted by Gasteiger charge is -2.18. The van der Waals surface area contributed by atoms with E-state index in [1.807, 2.05) is 19.1 Å². The van der Waals surface area contributed by atoms with Crippen molar-refractivity contribution in [1.29, 1.82) is 0 Å². The zero-order valence-electron chi connectivity index (χ0n) is 16.2. The van der Waals surface area contributed by atoms with Crippen molar-refractivity contribution in [3.05, 3.63) is 29.3 Å². The number of aliphatic imine (C=N–C) groups is 1. The lowest BCUT2D eigenvalue weighted by molar-refractivity contribution is 0.443. The Morgan fingerprint density at radius 1 is 1.24 bits per heavy atom. The first-order valence-electron chi connectivity index (χ1n) is 9.05. The summed E-state index contributed by atoms with van der Waals surface area (Å²) >= 11 is 0. The van der Waals surface area contributed by atoms with Gasteiger partial charge in [0.2, 0.25) is 0 Å². The minimum atomic E-state index is -3.17. The van der Waals surface area contributed by atoms with Crippen molar-refractivity contribution in [2.24, 2.45) is 10.9 Å². The van der Waals surface area contributed by atoms with E-state index < -0.39 is 9.84 Å². The summed E-state index contributed by atoms with van der Waals surface area (Å²) in [7, 11) is -1.41. The van der Waals surface area contributed by atoms with Gasteiger partial charge in [-0.3, -0.25) is 4.99 Å². The number of nitrogens with one attached hydrogen (secondary N) is 2. The number of nitrogens with zero attached hydrogens (tertiary/aromatic N) is 1. The van der Waals surface area contributed by atoms with Crippen LogP contribution in [0.4, 0.5) is 0 Å². The Kier molecular flexibility index (Phi) is 8.97. The van der Waals surface area contributed by atoms with Crippen LogP contribution in [0.5, 0.6) is 0 Å². The summed E-state index contributed by atoms with van der Waals surface area (Å²) in [5, 5.41) is 6.69. The first-order chi connectivity index (χ1) is 11.8. The molecule has 0 amide bonds. The Hall–Kier alpha value is -1.56. The zero-order chi connectivity index (χ0) is 18.9. The molecular formula is C19H33N3O2S. The molecule has 1 aromatic rings. The number of hydrogen-bond acceptors (Lipinski definition) is 3. The Labute approximate surface area is 153 Å². The van der Waals surface area contributed by atoms with E-state index in [0.717, 1.165) is 30.1 Å². The molecule has 0 saturated carbocycles. The van der Waals surface area contributed by atoms with Gasteiger partial charge in [0.1, 0.15) is 0 Å². The molecule has 0 spiro atoms. The van der Waals surface area contributed by atoms with Gasteiger partial charge in [0, 0.05) is 26.4 Å². The highest BCUT2D eigenvalue weighted by atomic mass is 32.2. The van der Waals surface area contributed by atoms with E-state index in [9.17, 15) is 8.42 Å². The molecule has 6 heteroatoms. The summed E-state index contributed by atoms with van der Waals surface area (Å²) in [5.74, 6) is 1.44. The van der Waals surface area contributed by atoms with Crippen LogP contribution in [0, 0.1) is 12.8 Å². The van der Waals surface area contributed by atoms with Crippen molar-refractivity contribution in [2.45, 2.75) is 57.9 Å². The van der Waals surface area contributed by atoms with Crippen molar-refractivity contribution in [3.63, 3.8) is 0 Å². The fourth-order valence-corrected chi connectivity index (χ4v) is 3.79. The van der Waals surface area contributed by atoms with E-state index >= 15 is 0 Å². The van der Waals surface area contributed by atoms with Gasteiger partial charge >= 0.3 is 0 Å². The topological polar surface area (TPSA) is 70.6 Å². The molecule has 2 N–H and O–H groups in total. The molecule has 1 unspecified atom stereocenters. The van der Waals surface area contributed by atoms with Crippen molar-refractivity contribution >= 4 is 15.8 Å². The second kappa shape index (κ2) is 10.4. The molecule has 0 heterocycles. The Balaban J connectivity index is 2.59. The lowest BCUT2D eigenvalue weighted by atomic mass is 9.99. The first kappa shape index (κ1) is 21.5. The quantitative estimate of drug-likeness (QED) is 0.519. The number of unbranched alkanes of at least 4 members (excludes halogenated alkanes) is 1. The summed E-state index contributed by atoms with van der Waals surface area (Å²) < 4.78 is 23.4. The molecular weight excluding hydrogens is 334 g/mol. The maximum Gasteiger partial charge on any atom is 0.191 e. The third-order valence-electron chi connectivity index (χ3n) is 4.42. The Morgan fingerprint density at radius 2 is 1.96 bits per heavy atom. The number of rotatable bonds is 9. The summed E-state index contributed by atoms with van der Waals surface area (Å²) in [4.78, 5) is 4.66. The largest absolute Gasteiger partial charge is 0.356 e. The van der Waals surface area contributed by atoms with E-state index in [1.54, 1.807) is 13.1 Å². The van der Waals surface area contributed by atoms with E-state index in [4.69, 9.17) is 0 Å². The van der Waals surface area contributed by atoms with E-state index in [0.29, 0.717) is 17.4 Å². The van der Waals surface area contributed by atoms with Crippen LogP contribution in [-0.4, -0.2) is 34.2 Å². The van der Waals surface area contributed by atoms with Crippen molar-refractivity contribution in [3.8, 4) is 0 Å². The minimum absolute atomic E-state index is 0.389. The van der Waals surface area contributed by atoms with Gasteiger partial charge in [-0.2, -0.15) is 0 Å². The average molecular weight is 368 g/mol. The van der Waals surface area contributed by atoms with Crippen LogP contribution in [0.25, 0.3) is 0 Å². The van der Waals surface area contributed by atoms with Crippen LogP contribution in [0.15, 0.2) is 28.1 Å². The number of guanidine groups is 1. The van der Waals surface area contributed by atoms with Gasteiger partial charge in [-0.15, -0.1) is 0 Å². The van der Waals surface area contributed by atoms with Crippen LogP contribution in [0.3, 0.4) is 0 Å². The maximum atomic E-state index is 11.7. The second-order valence-corrected chi connectivity index (χ2v) is 8.58.